The lowest BCUT2D eigenvalue weighted by atomic mass is 9.83. The molecule has 1 aliphatic rings. The molecule has 2 heterocycles. The van der Waals surface area contributed by atoms with Crippen LogP contribution < -0.4 is 10.1 Å². The minimum atomic E-state index is -2.76. The molecule has 184 valence electrons. The molecule has 0 aliphatic heterocycles. The summed E-state index contributed by atoms with van der Waals surface area (Å²) in [6.07, 6.45) is 4.38. The standard InChI is InChI=1S/C25H24F4N4O2/c1-2-11-35-24-31-13-16(14-32-24)23(34)33-22-18(19-12-17(26)3-4-20(19)27)7-10-30-21(22)15-5-8-25(28,29)9-6-15/h3-4,7,10,12-15H,2,5-6,8-9,11H2,1H3,(H,33,34). The number of nitrogens with one attached hydrogen (secondary N) is 1. The minimum absolute atomic E-state index is 0.0790. The summed E-state index contributed by atoms with van der Waals surface area (Å²) >= 11 is 0. The number of carbonyl (C=O) groups excluding carboxylic acids is 1. The van der Waals surface area contributed by atoms with Gasteiger partial charge >= 0.3 is 6.01 Å². The van der Waals surface area contributed by atoms with Crippen molar-refractivity contribution in [3.05, 3.63) is 65.7 Å². The fourth-order valence-electron chi connectivity index (χ4n) is 4.05. The molecule has 0 bridgehead atoms. The van der Waals surface area contributed by atoms with Gasteiger partial charge in [0.25, 0.3) is 5.91 Å². The third kappa shape index (κ3) is 5.75. The lowest BCUT2D eigenvalue weighted by Gasteiger charge is -2.29. The zero-order chi connectivity index (χ0) is 25.0. The Morgan fingerprint density at radius 3 is 2.49 bits per heavy atom. The molecule has 1 fully saturated rings. The van der Waals surface area contributed by atoms with E-state index in [0.717, 1.165) is 24.6 Å². The molecule has 4 rings (SSSR count). The number of benzene rings is 1. The van der Waals surface area contributed by atoms with Gasteiger partial charge in [-0.1, -0.05) is 6.92 Å². The summed E-state index contributed by atoms with van der Waals surface area (Å²) in [6.45, 7) is 2.35. The average molecular weight is 488 g/mol. The number of pyridine rings is 1. The van der Waals surface area contributed by atoms with E-state index in [1.54, 1.807) is 0 Å². The molecule has 3 aromatic rings. The van der Waals surface area contributed by atoms with E-state index >= 15 is 0 Å². The molecule has 0 spiro atoms. The van der Waals surface area contributed by atoms with Gasteiger partial charge in [-0.2, -0.15) is 0 Å². The molecule has 10 heteroatoms. The fraction of sp³-hybridized carbons (Fsp3) is 0.360. The van der Waals surface area contributed by atoms with Crippen LogP contribution in [0.3, 0.4) is 0 Å². The van der Waals surface area contributed by atoms with Crippen molar-refractivity contribution in [3.8, 4) is 17.1 Å². The molecular formula is C25H24F4N4O2. The summed E-state index contributed by atoms with van der Waals surface area (Å²) < 4.78 is 61.5. The number of rotatable bonds is 7. The number of halogens is 4. The lowest BCUT2D eigenvalue weighted by Crippen LogP contribution is -2.25. The smallest absolute Gasteiger partial charge is 0.316 e. The number of hydrogen-bond donors (Lipinski definition) is 1. The molecular weight excluding hydrogens is 464 g/mol. The molecule has 2 aromatic heterocycles. The summed E-state index contributed by atoms with van der Waals surface area (Å²) in [5.74, 6) is -5.12. The van der Waals surface area contributed by atoms with Gasteiger partial charge in [0.1, 0.15) is 11.6 Å². The largest absolute Gasteiger partial charge is 0.463 e. The number of hydrogen-bond acceptors (Lipinski definition) is 5. The molecule has 6 nitrogen and oxygen atoms in total. The molecule has 1 saturated carbocycles. The quantitative estimate of drug-likeness (QED) is 0.404. The van der Waals surface area contributed by atoms with E-state index in [0.29, 0.717) is 12.3 Å². The first-order chi connectivity index (χ1) is 16.8. The van der Waals surface area contributed by atoms with Crippen molar-refractivity contribution < 1.29 is 27.1 Å². The predicted molar refractivity (Wildman–Crippen MR) is 122 cm³/mol. The van der Waals surface area contributed by atoms with Gasteiger partial charge in [0.15, 0.2) is 0 Å². The van der Waals surface area contributed by atoms with Crippen LogP contribution >= 0.6 is 0 Å². The fourth-order valence-corrected chi connectivity index (χ4v) is 4.05. The van der Waals surface area contributed by atoms with Gasteiger partial charge in [-0.15, -0.1) is 0 Å². The third-order valence-electron chi connectivity index (χ3n) is 5.87. The number of ether oxygens (including phenoxy) is 1. The van der Waals surface area contributed by atoms with Gasteiger partial charge in [-0.25, -0.2) is 27.5 Å². The van der Waals surface area contributed by atoms with Crippen LogP contribution in [0.15, 0.2) is 42.9 Å². The third-order valence-corrected chi connectivity index (χ3v) is 5.87. The number of nitrogens with zero attached hydrogens (tertiary/aromatic N) is 3. The summed E-state index contributed by atoms with van der Waals surface area (Å²) in [5.41, 5.74) is 0.706. The maximum Gasteiger partial charge on any atom is 0.316 e. The van der Waals surface area contributed by atoms with Crippen LogP contribution in [0.2, 0.25) is 0 Å². The van der Waals surface area contributed by atoms with Crippen molar-refractivity contribution in [2.45, 2.75) is 50.9 Å². The number of amides is 1. The molecule has 0 unspecified atom stereocenters. The first-order valence-corrected chi connectivity index (χ1v) is 11.4. The molecule has 1 aromatic carbocycles. The van der Waals surface area contributed by atoms with Crippen molar-refractivity contribution >= 4 is 11.6 Å². The van der Waals surface area contributed by atoms with Gasteiger partial charge in [-0.05, 0) is 43.5 Å². The first kappa shape index (κ1) is 24.6. The Morgan fingerprint density at radius 2 is 1.80 bits per heavy atom. The summed E-state index contributed by atoms with van der Waals surface area (Å²) in [7, 11) is 0. The summed E-state index contributed by atoms with van der Waals surface area (Å²) in [4.78, 5) is 25.4. The lowest BCUT2D eigenvalue weighted by molar-refractivity contribution is -0.0384. The second kappa shape index (κ2) is 10.4. The number of carbonyl (C=O) groups is 1. The van der Waals surface area contributed by atoms with Gasteiger partial charge in [0.05, 0.1) is 23.6 Å². The van der Waals surface area contributed by atoms with Crippen LogP contribution in [-0.2, 0) is 0 Å². The number of anilines is 1. The van der Waals surface area contributed by atoms with E-state index < -0.39 is 23.5 Å². The second-order valence-electron chi connectivity index (χ2n) is 8.43. The minimum Gasteiger partial charge on any atom is -0.463 e. The van der Waals surface area contributed by atoms with E-state index in [-0.39, 0.29) is 60.0 Å². The van der Waals surface area contributed by atoms with Crippen LogP contribution in [0.4, 0.5) is 23.2 Å². The Kier molecular flexibility index (Phi) is 7.28. The van der Waals surface area contributed by atoms with Crippen molar-refractivity contribution in [1.29, 1.82) is 0 Å². The van der Waals surface area contributed by atoms with Crippen molar-refractivity contribution in [1.82, 2.24) is 15.0 Å². The maximum atomic E-state index is 14.7. The highest BCUT2D eigenvalue weighted by Crippen LogP contribution is 2.44. The van der Waals surface area contributed by atoms with E-state index in [9.17, 15) is 22.4 Å². The van der Waals surface area contributed by atoms with Crippen molar-refractivity contribution in [3.63, 3.8) is 0 Å². The second-order valence-corrected chi connectivity index (χ2v) is 8.43. The van der Waals surface area contributed by atoms with Gasteiger partial charge in [-0.3, -0.25) is 9.78 Å². The van der Waals surface area contributed by atoms with Crippen LogP contribution in [0.25, 0.3) is 11.1 Å². The zero-order valence-electron chi connectivity index (χ0n) is 19.0. The van der Waals surface area contributed by atoms with Crippen molar-refractivity contribution in [2.24, 2.45) is 0 Å². The average Bonchev–Trinajstić information content (AvgIpc) is 2.85. The Hall–Kier alpha value is -3.56. The molecule has 1 N–H and O–H groups in total. The van der Waals surface area contributed by atoms with Gasteiger partial charge in [0.2, 0.25) is 5.92 Å². The SMILES string of the molecule is CCCOc1ncc(C(=O)Nc2c(-c3cc(F)ccc3F)ccnc2C2CCC(F)(F)CC2)cn1. The first-order valence-electron chi connectivity index (χ1n) is 11.4. The Labute approximate surface area is 199 Å². The molecule has 35 heavy (non-hydrogen) atoms. The Morgan fingerprint density at radius 1 is 1.09 bits per heavy atom. The van der Waals surface area contributed by atoms with Crippen LogP contribution in [-0.4, -0.2) is 33.4 Å². The molecule has 0 radical (unpaired) electrons. The number of aromatic nitrogens is 3. The number of alkyl halides is 2. The monoisotopic (exact) mass is 488 g/mol. The molecule has 1 aliphatic carbocycles. The zero-order valence-corrected chi connectivity index (χ0v) is 19.0. The van der Waals surface area contributed by atoms with E-state index in [1.165, 1.54) is 24.7 Å². The predicted octanol–water partition coefficient (Wildman–Crippen LogP) is 6.15. The van der Waals surface area contributed by atoms with Crippen molar-refractivity contribution in [2.75, 3.05) is 11.9 Å². The van der Waals surface area contributed by atoms with E-state index in [1.807, 2.05) is 6.92 Å². The van der Waals surface area contributed by atoms with E-state index in [4.69, 9.17) is 4.74 Å². The van der Waals surface area contributed by atoms with Crippen LogP contribution in [0.5, 0.6) is 6.01 Å². The maximum absolute atomic E-state index is 14.7. The summed E-state index contributed by atoms with van der Waals surface area (Å²) in [5, 5.41) is 2.72. The van der Waals surface area contributed by atoms with E-state index in [2.05, 4.69) is 20.3 Å². The topological polar surface area (TPSA) is 77.0 Å². The van der Waals surface area contributed by atoms with Crippen LogP contribution in [0, 0.1) is 11.6 Å². The van der Waals surface area contributed by atoms with Gasteiger partial charge < -0.3 is 10.1 Å². The van der Waals surface area contributed by atoms with Gasteiger partial charge in [0, 0.05) is 48.5 Å². The Bertz CT molecular complexity index is 1190. The molecule has 0 saturated heterocycles. The normalized spacial score (nSPS) is 15.6. The highest BCUT2D eigenvalue weighted by molar-refractivity contribution is 6.06. The molecule has 0 atom stereocenters. The highest BCUT2D eigenvalue weighted by atomic mass is 19.3. The highest BCUT2D eigenvalue weighted by Gasteiger charge is 2.37. The Balaban J connectivity index is 1.71. The molecule has 1 amide bonds. The van der Waals surface area contributed by atoms with Crippen LogP contribution in [0.1, 0.15) is 61.0 Å². The summed E-state index contributed by atoms with van der Waals surface area (Å²) in [6, 6.07) is 4.56.